The van der Waals surface area contributed by atoms with Crippen LogP contribution in [0.3, 0.4) is 0 Å². The third-order valence-corrected chi connectivity index (χ3v) is 4.67. The Labute approximate surface area is 161 Å². The van der Waals surface area contributed by atoms with Crippen molar-refractivity contribution in [1.82, 2.24) is 0 Å². The van der Waals surface area contributed by atoms with Gasteiger partial charge in [0.05, 0.1) is 0 Å². The number of allylic oxidation sites excluding steroid dienone is 2. The van der Waals surface area contributed by atoms with E-state index in [0.717, 1.165) is 6.54 Å². The molecule has 0 atom stereocenters. The average molecular weight is 354 g/mol. The number of unbranched alkanes of at least 4 members (excludes halogenated alkanes) is 15. The third-order valence-electron chi connectivity index (χ3n) is 4.67. The molecule has 0 aliphatic carbocycles. The first-order valence-corrected chi connectivity index (χ1v) is 11.7. The summed E-state index contributed by atoms with van der Waals surface area (Å²) in [5, 5.41) is 0. The summed E-state index contributed by atoms with van der Waals surface area (Å²) in [6, 6.07) is 0. The topological polar surface area (TPSA) is 26.0 Å². The van der Waals surface area contributed by atoms with Gasteiger partial charge in [0.15, 0.2) is 0 Å². The van der Waals surface area contributed by atoms with Crippen LogP contribution in [0.25, 0.3) is 0 Å². The number of hydrogen-bond acceptors (Lipinski definition) is 1. The largest absolute Gasteiger partial charge is 0.330 e. The van der Waals surface area contributed by atoms with Crippen LogP contribution in [-0.2, 0) is 0 Å². The summed E-state index contributed by atoms with van der Waals surface area (Å²) in [5.41, 5.74) is 5.47. The zero-order valence-corrected chi connectivity index (χ0v) is 18.2. The van der Waals surface area contributed by atoms with Crippen LogP contribution in [0, 0.1) is 0 Å². The fourth-order valence-corrected chi connectivity index (χ4v) is 2.89. The van der Waals surface area contributed by atoms with Crippen molar-refractivity contribution in [1.29, 1.82) is 0 Å². The molecule has 0 aromatic rings. The van der Waals surface area contributed by atoms with E-state index in [1.807, 2.05) is 0 Å². The molecule has 1 nitrogen and oxygen atoms in total. The Bertz CT molecular complexity index is 218. The van der Waals surface area contributed by atoms with Crippen LogP contribution in [-0.4, -0.2) is 6.54 Å². The quantitative estimate of drug-likeness (QED) is 0.194. The van der Waals surface area contributed by atoms with Gasteiger partial charge in [0, 0.05) is 0 Å². The number of nitrogens with two attached hydrogens (primary N) is 1. The van der Waals surface area contributed by atoms with Gasteiger partial charge in [-0.1, -0.05) is 116 Å². The molecule has 152 valence electrons. The molecule has 0 radical (unpaired) electrons. The molecule has 0 aliphatic rings. The highest BCUT2D eigenvalue weighted by Gasteiger charge is 1.90. The van der Waals surface area contributed by atoms with E-state index < -0.39 is 0 Å². The summed E-state index contributed by atoms with van der Waals surface area (Å²) >= 11 is 0. The third kappa shape index (κ3) is 31.9. The van der Waals surface area contributed by atoms with Crippen LogP contribution >= 0.6 is 0 Å². The highest BCUT2D eigenvalue weighted by molar-refractivity contribution is 4.81. The molecule has 0 fully saturated rings. The molecule has 0 saturated carbocycles. The fraction of sp³-hybridized carbons (Fsp3) is 0.917. The lowest BCUT2D eigenvalue weighted by molar-refractivity contribution is 0.599. The van der Waals surface area contributed by atoms with E-state index in [1.54, 1.807) is 0 Å². The van der Waals surface area contributed by atoms with Crippen LogP contribution in [0.15, 0.2) is 12.2 Å². The van der Waals surface area contributed by atoms with Gasteiger partial charge in [-0.15, -0.1) is 0 Å². The second-order valence-electron chi connectivity index (χ2n) is 7.43. The Morgan fingerprint density at radius 3 is 1.16 bits per heavy atom. The Morgan fingerprint density at radius 1 is 0.440 bits per heavy atom. The summed E-state index contributed by atoms with van der Waals surface area (Å²) in [7, 11) is 0. The molecule has 0 aromatic carbocycles. The van der Waals surface area contributed by atoms with E-state index in [2.05, 4.69) is 32.9 Å². The number of hydrogen-bond donors (Lipinski definition) is 1. The molecule has 0 bridgehead atoms. The minimum atomic E-state index is 0.862. The van der Waals surface area contributed by atoms with Crippen molar-refractivity contribution in [2.24, 2.45) is 5.73 Å². The molecule has 0 aromatic heterocycles. The van der Waals surface area contributed by atoms with E-state index in [9.17, 15) is 0 Å². The van der Waals surface area contributed by atoms with E-state index in [1.165, 1.54) is 116 Å². The second kappa shape index (κ2) is 28.5. The molecule has 0 saturated heterocycles. The SMILES string of the molecule is CCCCCC.CCCCCCCCC=CCCCCCCCCN. The monoisotopic (exact) mass is 353 g/mol. The van der Waals surface area contributed by atoms with Crippen molar-refractivity contribution in [3.63, 3.8) is 0 Å². The van der Waals surface area contributed by atoms with Crippen molar-refractivity contribution in [2.75, 3.05) is 6.54 Å². The lowest BCUT2D eigenvalue weighted by Gasteiger charge is -1.99. The first kappa shape index (κ1) is 26.9. The van der Waals surface area contributed by atoms with Gasteiger partial charge in [-0.25, -0.2) is 0 Å². The van der Waals surface area contributed by atoms with Crippen LogP contribution in [0.2, 0.25) is 0 Å². The van der Waals surface area contributed by atoms with Gasteiger partial charge in [0.25, 0.3) is 0 Å². The van der Waals surface area contributed by atoms with Crippen molar-refractivity contribution in [3.05, 3.63) is 12.2 Å². The van der Waals surface area contributed by atoms with Gasteiger partial charge in [-0.3, -0.25) is 0 Å². The first-order valence-electron chi connectivity index (χ1n) is 11.7. The lowest BCUT2D eigenvalue weighted by Crippen LogP contribution is -1.97. The van der Waals surface area contributed by atoms with E-state index in [-0.39, 0.29) is 0 Å². The summed E-state index contributed by atoms with van der Waals surface area (Å²) in [6.45, 7) is 7.60. The van der Waals surface area contributed by atoms with E-state index >= 15 is 0 Å². The maximum atomic E-state index is 5.47. The van der Waals surface area contributed by atoms with Gasteiger partial charge in [-0.2, -0.15) is 0 Å². The van der Waals surface area contributed by atoms with Crippen molar-refractivity contribution >= 4 is 0 Å². The molecule has 1 heteroatoms. The maximum Gasteiger partial charge on any atom is -0.00773 e. The normalized spacial score (nSPS) is 10.9. The zero-order valence-electron chi connectivity index (χ0n) is 18.2. The minimum Gasteiger partial charge on any atom is -0.330 e. The van der Waals surface area contributed by atoms with Crippen molar-refractivity contribution in [3.8, 4) is 0 Å². The van der Waals surface area contributed by atoms with Crippen LogP contribution in [0.4, 0.5) is 0 Å². The predicted octanol–water partition coefficient (Wildman–Crippen LogP) is 8.57. The average Bonchev–Trinajstić information content (AvgIpc) is 2.64. The van der Waals surface area contributed by atoms with E-state index in [4.69, 9.17) is 5.73 Å². The molecule has 2 N–H and O–H groups in total. The molecule has 0 amide bonds. The van der Waals surface area contributed by atoms with Gasteiger partial charge < -0.3 is 5.73 Å². The highest BCUT2D eigenvalue weighted by Crippen LogP contribution is 2.09. The number of rotatable bonds is 18. The summed E-state index contributed by atoms with van der Waals surface area (Å²) in [6.07, 6.45) is 29.4. The Kier molecular flexibility index (Phi) is 30.7. The van der Waals surface area contributed by atoms with Crippen molar-refractivity contribution < 1.29 is 0 Å². The molecule has 25 heavy (non-hydrogen) atoms. The molecular formula is C24H51N. The smallest absolute Gasteiger partial charge is 0.00773 e. The van der Waals surface area contributed by atoms with Gasteiger partial charge in [-0.05, 0) is 38.6 Å². The van der Waals surface area contributed by atoms with Crippen molar-refractivity contribution in [2.45, 2.75) is 136 Å². The molecule has 0 unspecified atom stereocenters. The molecule has 0 rings (SSSR count). The van der Waals surface area contributed by atoms with E-state index in [0.29, 0.717) is 0 Å². The molecule has 0 heterocycles. The minimum absolute atomic E-state index is 0.862. The first-order chi connectivity index (χ1) is 12.3. The fourth-order valence-electron chi connectivity index (χ4n) is 2.89. The molecular weight excluding hydrogens is 302 g/mol. The second-order valence-corrected chi connectivity index (χ2v) is 7.43. The maximum absolute atomic E-state index is 5.47. The summed E-state index contributed by atoms with van der Waals surface area (Å²) in [4.78, 5) is 0. The van der Waals surface area contributed by atoms with Crippen LogP contribution < -0.4 is 5.73 Å². The lowest BCUT2D eigenvalue weighted by atomic mass is 10.1. The van der Waals surface area contributed by atoms with Crippen LogP contribution in [0.5, 0.6) is 0 Å². The van der Waals surface area contributed by atoms with Gasteiger partial charge >= 0.3 is 0 Å². The van der Waals surface area contributed by atoms with Gasteiger partial charge in [0.1, 0.15) is 0 Å². The van der Waals surface area contributed by atoms with Gasteiger partial charge in [0.2, 0.25) is 0 Å². The summed E-state index contributed by atoms with van der Waals surface area (Å²) < 4.78 is 0. The molecule has 0 spiro atoms. The highest BCUT2D eigenvalue weighted by atomic mass is 14.5. The predicted molar refractivity (Wildman–Crippen MR) is 118 cm³/mol. The Morgan fingerprint density at radius 2 is 0.760 bits per heavy atom. The standard InChI is InChI=1S/C18H37N.C6H14/c1-2-3-4-5-6-7-8-9-10-11-12-13-14-15-16-17-18-19;1-3-5-6-4-2/h9-10H,2-8,11-19H2,1H3;3-6H2,1-2H3. The Balaban J connectivity index is 0. The zero-order chi connectivity index (χ0) is 18.8. The summed E-state index contributed by atoms with van der Waals surface area (Å²) in [5.74, 6) is 0. The molecule has 0 aliphatic heterocycles. The van der Waals surface area contributed by atoms with Crippen LogP contribution in [0.1, 0.15) is 136 Å². The Hall–Kier alpha value is -0.300.